The Morgan fingerprint density at radius 1 is 1.22 bits per heavy atom. The number of benzene rings is 1. The number of methoxy groups -OCH3 is 2. The minimum atomic E-state index is -0.305. The Balaban J connectivity index is 2.27. The van der Waals surface area contributed by atoms with Crippen molar-refractivity contribution in [1.29, 1.82) is 0 Å². The van der Waals surface area contributed by atoms with E-state index in [0.717, 1.165) is 11.1 Å². The van der Waals surface area contributed by atoms with Crippen LogP contribution in [0.5, 0.6) is 11.5 Å². The number of carbonyl (C=O) groups is 2. The van der Waals surface area contributed by atoms with Crippen LogP contribution in [0, 0.1) is 0 Å². The molecule has 1 fully saturated rings. The summed E-state index contributed by atoms with van der Waals surface area (Å²) in [5.41, 5.74) is 1.59. The molecule has 1 saturated heterocycles. The first-order chi connectivity index (χ1) is 13.0. The molecule has 1 aromatic carbocycles. The molecular weight excluding hydrogens is 386 g/mol. The molecule has 1 heterocycles. The predicted molar refractivity (Wildman–Crippen MR) is 110 cm³/mol. The molecule has 0 spiro atoms. The smallest absolute Gasteiger partial charge is 0.306 e. The maximum atomic E-state index is 12.1. The van der Waals surface area contributed by atoms with Crippen molar-refractivity contribution < 1.29 is 23.8 Å². The van der Waals surface area contributed by atoms with Gasteiger partial charge in [0.2, 0.25) is 0 Å². The zero-order valence-electron chi connectivity index (χ0n) is 15.4. The lowest BCUT2D eigenvalue weighted by atomic mass is 10.1. The fraction of sp³-hybridized carbons (Fsp3) is 0.316. The fourth-order valence-corrected chi connectivity index (χ4v) is 3.54. The van der Waals surface area contributed by atoms with Gasteiger partial charge in [-0.2, -0.15) is 0 Å². The normalized spacial score (nSPS) is 15.7. The summed E-state index contributed by atoms with van der Waals surface area (Å²) in [6.45, 7) is 2.08. The van der Waals surface area contributed by atoms with Crippen molar-refractivity contribution in [2.45, 2.75) is 19.8 Å². The van der Waals surface area contributed by atoms with E-state index < -0.39 is 0 Å². The second-order valence-electron chi connectivity index (χ2n) is 5.45. The SMILES string of the molecule is CCOC(=O)CCC(C=Cc1ccc(OC)c(OC)c1)=C1SC(=S)NC1=O. The van der Waals surface area contributed by atoms with E-state index in [4.69, 9.17) is 26.4 Å². The number of allylic oxidation sites excluding steroid dienone is 2. The van der Waals surface area contributed by atoms with Gasteiger partial charge in [-0.1, -0.05) is 42.2 Å². The number of hydrogen-bond acceptors (Lipinski definition) is 7. The third kappa shape index (κ3) is 5.83. The molecule has 0 aromatic heterocycles. The highest BCUT2D eigenvalue weighted by molar-refractivity contribution is 8.26. The average molecular weight is 408 g/mol. The van der Waals surface area contributed by atoms with Crippen LogP contribution < -0.4 is 14.8 Å². The Hall–Kier alpha value is -2.32. The van der Waals surface area contributed by atoms with Gasteiger partial charge in [-0.3, -0.25) is 9.59 Å². The maximum Gasteiger partial charge on any atom is 0.306 e. The van der Waals surface area contributed by atoms with Crippen LogP contribution >= 0.6 is 24.0 Å². The molecule has 1 aliphatic rings. The summed E-state index contributed by atoms with van der Waals surface area (Å²) in [5.74, 6) is 0.683. The van der Waals surface area contributed by atoms with Gasteiger partial charge in [0, 0.05) is 6.42 Å². The third-order valence-electron chi connectivity index (χ3n) is 3.70. The number of esters is 1. The summed E-state index contributed by atoms with van der Waals surface area (Å²) >= 11 is 6.26. The molecule has 27 heavy (non-hydrogen) atoms. The third-order valence-corrected chi connectivity index (χ3v) is 4.99. The number of ether oxygens (including phenoxy) is 3. The van der Waals surface area contributed by atoms with Crippen molar-refractivity contribution in [2.75, 3.05) is 20.8 Å². The summed E-state index contributed by atoms with van der Waals surface area (Å²) in [7, 11) is 3.14. The molecule has 0 saturated carbocycles. The Bertz CT molecular complexity index is 801. The minimum absolute atomic E-state index is 0.184. The first kappa shape index (κ1) is 21.0. The van der Waals surface area contributed by atoms with Gasteiger partial charge in [0.1, 0.15) is 4.32 Å². The van der Waals surface area contributed by atoms with Crippen LogP contribution in [0.3, 0.4) is 0 Å². The molecule has 0 aliphatic carbocycles. The zero-order chi connectivity index (χ0) is 19.8. The van der Waals surface area contributed by atoms with E-state index in [1.54, 1.807) is 27.2 Å². The average Bonchev–Trinajstić information content (AvgIpc) is 2.99. The van der Waals surface area contributed by atoms with Crippen LogP contribution in [0.15, 0.2) is 34.8 Å². The first-order valence-corrected chi connectivity index (χ1v) is 9.53. The van der Waals surface area contributed by atoms with E-state index >= 15 is 0 Å². The van der Waals surface area contributed by atoms with Crippen molar-refractivity contribution in [1.82, 2.24) is 5.32 Å². The lowest BCUT2D eigenvalue weighted by molar-refractivity contribution is -0.143. The zero-order valence-corrected chi connectivity index (χ0v) is 17.0. The van der Waals surface area contributed by atoms with Gasteiger partial charge >= 0.3 is 5.97 Å². The van der Waals surface area contributed by atoms with Crippen LogP contribution in [0.2, 0.25) is 0 Å². The van der Waals surface area contributed by atoms with Crippen LogP contribution in [0.25, 0.3) is 6.08 Å². The monoisotopic (exact) mass is 407 g/mol. The molecule has 0 unspecified atom stereocenters. The van der Waals surface area contributed by atoms with Crippen molar-refractivity contribution in [3.63, 3.8) is 0 Å². The molecule has 1 aromatic rings. The predicted octanol–water partition coefficient (Wildman–Crippen LogP) is 3.46. The van der Waals surface area contributed by atoms with Gasteiger partial charge in [0.15, 0.2) is 11.5 Å². The number of nitrogens with one attached hydrogen (secondary N) is 1. The summed E-state index contributed by atoms with van der Waals surface area (Å²) in [6, 6.07) is 5.50. The van der Waals surface area contributed by atoms with Crippen LogP contribution in [-0.2, 0) is 14.3 Å². The molecule has 2 rings (SSSR count). The first-order valence-electron chi connectivity index (χ1n) is 8.30. The lowest BCUT2D eigenvalue weighted by Crippen LogP contribution is -2.18. The molecule has 0 bridgehead atoms. The Morgan fingerprint density at radius 3 is 2.56 bits per heavy atom. The summed E-state index contributed by atoms with van der Waals surface area (Å²) in [6.07, 6.45) is 4.23. The van der Waals surface area contributed by atoms with Crippen molar-refractivity contribution in [3.05, 3.63) is 40.3 Å². The van der Waals surface area contributed by atoms with Crippen LogP contribution in [-0.4, -0.2) is 37.0 Å². The van der Waals surface area contributed by atoms with Gasteiger partial charge in [-0.15, -0.1) is 0 Å². The van der Waals surface area contributed by atoms with Crippen LogP contribution in [0.4, 0.5) is 0 Å². The maximum absolute atomic E-state index is 12.1. The number of hydrogen-bond donors (Lipinski definition) is 1. The second kappa shape index (κ2) is 10.1. The summed E-state index contributed by atoms with van der Waals surface area (Å²) in [4.78, 5) is 24.3. The molecule has 1 N–H and O–H groups in total. The molecule has 6 nitrogen and oxygen atoms in total. The van der Waals surface area contributed by atoms with E-state index in [1.165, 1.54) is 11.8 Å². The highest BCUT2D eigenvalue weighted by atomic mass is 32.2. The van der Waals surface area contributed by atoms with Crippen molar-refractivity contribution in [3.8, 4) is 11.5 Å². The molecule has 144 valence electrons. The van der Waals surface area contributed by atoms with Crippen molar-refractivity contribution in [2.24, 2.45) is 0 Å². The number of thiocarbonyl (C=S) groups is 1. The number of rotatable bonds is 8. The topological polar surface area (TPSA) is 73.9 Å². The molecule has 1 aliphatic heterocycles. The molecular formula is C19H21NO5S2. The van der Waals surface area contributed by atoms with Gasteiger partial charge in [-0.05, 0) is 36.6 Å². The molecule has 0 atom stereocenters. The molecule has 8 heteroatoms. The second-order valence-corrected chi connectivity index (χ2v) is 7.14. The number of carbonyl (C=O) groups excluding carboxylic acids is 2. The Morgan fingerprint density at radius 2 is 1.96 bits per heavy atom. The number of thioether (sulfide) groups is 1. The van der Waals surface area contributed by atoms with E-state index in [9.17, 15) is 9.59 Å². The summed E-state index contributed by atoms with van der Waals surface area (Å²) in [5, 5.41) is 2.60. The van der Waals surface area contributed by atoms with Gasteiger partial charge in [0.25, 0.3) is 5.91 Å². The quantitative estimate of drug-likeness (QED) is 0.402. The lowest BCUT2D eigenvalue weighted by Gasteiger charge is -2.08. The standard InChI is InChI=1S/C19H21NO5S2/c1-4-25-16(21)10-8-13(17-18(22)20-19(26)27-17)7-5-12-6-9-14(23-2)15(11-12)24-3/h5-7,9,11H,4,8,10H2,1-3H3,(H,20,22,26). The van der Waals surface area contributed by atoms with E-state index in [0.29, 0.717) is 33.8 Å². The summed E-state index contributed by atoms with van der Waals surface area (Å²) < 4.78 is 15.9. The van der Waals surface area contributed by atoms with Gasteiger partial charge < -0.3 is 19.5 Å². The van der Waals surface area contributed by atoms with E-state index in [1.807, 2.05) is 24.3 Å². The van der Waals surface area contributed by atoms with Crippen LogP contribution in [0.1, 0.15) is 25.3 Å². The largest absolute Gasteiger partial charge is 0.493 e. The molecule has 1 amide bonds. The molecule has 0 radical (unpaired) electrons. The van der Waals surface area contributed by atoms with Gasteiger partial charge in [0.05, 0.1) is 25.7 Å². The van der Waals surface area contributed by atoms with Crippen molar-refractivity contribution >= 4 is 46.3 Å². The van der Waals surface area contributed by atoms with E-state index in [-0.39, 0.29) is 18.3 Å². The number of amides is 1. The Kier molecular flexibility index (Phi) is 7.87. The Labute approximate surface area is 167 Å². The van der Waals surface area contributed by atoms with E-state index in [2.05, 4.69) is 5.32 Å². The fourth-order valence-electron chi connectivity index (χ4n) is 2.42. The highest BCUT2D eigenvalue weighted by Crippen LogP contribution is 2.31. The minimum Gasteiger partial charge on any atom is -0.493 e. The van der Waals surface area contributed by atoms with Gasteiger partial charge in [-0.25, -0.2) is 0 Å². The highest BCUT2D eigenvalue weighted by Gasteiger charge is 2.25.